The SMILES string of the molecule is CN1CCc2c(sc(N=Cc3cccs3)c2C#N)C1. The largest absolute Gasteiger partial charge is 0.301 e. The fourth-order valence-corrected chi connectivity index (χ4v) is 4.02. The smallest absolute Gasteiger partial charge is 0.134 e. The van der Waals surface area contributed by atoms with Crippen LogP contribution in [0, 0.1) is 11.3 Å². The number of aliphatic imine (C=N–C) groups is 1. The van der Waals surface area contributed by atoms with E-state index >= 15 is 0 Å². The van der Waals surface area contributed by atoms with E-state index < -0.39 is 0 Å². The van der Waals surface area contributed by atoms with E-state index in [0.717, 1.165) is 35.0 Å². The first kappa shape index (κ1) is 12.5. The van der Waals surface area contributed by atoms with Gasteiger partial charge in [-0.3, -0.25) is 0 Å². The van der Waals surface area contributed by atoms with Crippen molar-refractivity contribution in [2.24, 2.45) is 4.99 Å². The Morgan fingerprint density at radius 1 is 1.53 bits per heavy atom. The number of nitriles is 1. The molecule has 0 radical (unpaired) electrons. The summed E-state index contributed by atoms with van der Waals surface area (Å²) in [5.74, 6) is 0. The van der Waals surface area contributed by atoms with Gasteiger partial charge in [-0.2, -0.15) is 5.26 Å². The Morgan fingerprint density at radius 2 is 2.42 bits per heavy atom. The minimum Gasteiger partial charge on any atom is -0.301 e. The van der Waals surface area contributed by atoms with E-state index in [1.54, 1.807) is 22.7 Å². The van der Waals surface area contributed by atoms with Gasteiger partial charge < -0.3 is 4.90 Å². The van der Waals surface area contributed by atoms with Gasteiger partial charge in [-0.1, -0.05) is 6.07 Å². The summed E-state index contributed by atoms with van der Waals surface area (Å²) in [5, 5.41) is 12.2. The molecule has 5 heteroatoms. The highest BCUT2D eigenvalue weighted by atomic mass is 32.1. The van der Waals surface area contributed by atoms with E-state index in [0.29, 0.717) is 0 Å². The van der Waals surface area contributed by atoms with Crippen LogP contribution < -0.4 is 0 Å². The second-order valence-electron chi connectivity index (χ2n) is 4.56. The number of nitrogens with zero attached hydrogens (tertiary/aromatic N) is 3. The highest BCUT2D eigenvalue weighted by Gasteiger charge is 2.22. The second-order valence-corrected chi connectivity index (χ2v) is 6.62. The average Bonchev–Trinajstić information content (AvgIpc) is 3.02. The van der Waals surface area contributed by atoms with Crippen molar-refractivity contribution in [3.63, 3.8) is 0 Å². The molecular weight excluding hydrogens is 274 g/mol. The maximum Gasteiger partial charge on any atom is 0.134 e. The first-order valence-corrected chi connectivity index (χ1v) is 7.78. The number of likely N-dealkylation sites (N-methyl/N-ethyl adjacent to an activating group) is 1. The summed E-state index contributed by atoms with van der Waals surface area (Å²) in [6, 6.07) is 6.37. The zero-order chi connectivity index (χ0) is 13.2. The van der Waals surface area contributed by atoms with Crippen LogP contribution in [0.5, 0.6) is 0 Å². The fourth-order valence-electron chi connectivity index (χ4n) is 2.21. The third kappa shape index (κ3) is 2.47. The minimum absolute atomic E-state index is 0.779. The fraction of sp³-hybridized carbons (Fsp3) is 0.286. The van der Waals surface area contributed by atoms with Gasteiger partial charge in [0, 0.05) is 29.1 Å². The van der Waals surface area contributed by atoms with Crippen LogP contribution in [-0.4, -0.2) is 24.7 Å². The van der Waals surface area contributed by atoms with Gasteiger partial charge >= 0.3 is 0 Å². The zero-order valence-electron chi connectivity index (χ0n) is 10.6. The van der Waals surface area contributed by atoms with Crippen LogP contribution in [0.15, 0.2) is 22.5 Å². The van der Waals surface area contributed by atoms with Crippen LogP contribution in [0.4, 0.5) is 5.00 Å². The molecule has 96 valence electrons. The molecule has 0 aromatic carbocycles. The molecule has 0 spiro atoms. The lowest BCUT2D eigenvalue weighted by molar-refractivity contribution is 0.317. The molecule has 3 nitrogen and oxygen atoms in total. The molecule has 0 unspecified atom stereocenters. The molecule has 0 atom stereocenters. The van der Waals surface area contributed by atoms with E-state index in [-0.39, 0.29) is 0 Å². The molecule has 0 N–H and O–H groups in total. The summed E-state index contributed by atoms with van der Waals surface area (Å²) < 4.78 is 0. The van der Waals surface area contributed by atoms with Crippen LogP contribution in [0.2, 0.25) is 0 Å². The Morgan fingerprint density at radius 3 is 3.16 bits per heavy atom. The van der Waals surface area contributed by atoms with Crippen LogP contribution in [0.3, 0.4) is 0 Å². The van der Waals surface area contributed by atoms with Crippen LogP contribution in [0.25, 0.3) is 0 Å². The van der Waals surface area contributed by atoms with Crippen LogP contribution in [0.1, 0.15) is 20.9 Å². The first-order valence-electron chi connectivity index (χ1n) is 6.08. The van der Waals surface area contributed by atoms with Gasteiger partial charge in [-0.15, -0.1) is 22.7 Å². The molecule has 1 aliphatic heterocycles. The number of hydrogen-bond donors (Lipinski definition) is 0. The number of rotatable bonds is 2. The molecule has 2 aromatic rings. The normalized spacial score (nSPS) is 15.6. The predicted octanol–water partition coefficient (Wildman–Crippen LogP) is 3.42. The number of thiophene rings is 2. The van der Waals surface area contributed by atoms with E-state index in [1.807, 2.05) is 23.7 Å². The van der Waals surface area contributed by atoms with E-state index in [4.69, 9.17) is 0 Å². The highest BCUT2D eigenvalue weighted by molar-refractivity contribution is 7.16. The van der Waals surface area contributed by atoms with Gasteiger partial charge in [-0.05, 0) is 30.5 Å². The molecular formula is C14H13N3S2. The maximum atomic E-state index is 9.36. The van der Waals surface area contributed by atoms with Gasteiger partial charge in [0.2, 0.25) is 0 Å². The van der Waals surface area contributed by atoms with E-state index in [2.05, 4.69) is 23.0 Å². The highest BCUT2D eigenvalue weighted by Crippen LogP contribution is 2.38. The summed E-state index contributed by atoms with van der Waals surface area (Å²) in [5.41, 5.74) is 1.99. The molecule has 19 heavy (non-hydrogen) atoms. The van der Waals surface area contributed by atoms with Crippen molar-refractivity contribution in [1.29, 1.82) is 5.26 Å². The average molecular weight is 287 g/mol. The summed E-state index contributed by atoms with van der Waals surface area (Å²) in [6.45, 7) is 1.95. The van der Waals surface area contributed by atoms with E-state index in [9.17, 15) is 5.26 Å². The lowest BCUT2D eigenvalue weighted by atomic mass is 10.0. The Hall–Kier alpha value is -1.48. The zero-order valence-corrected chi connectivity index (χ0v) is 12.2. The molecule has 3 heterocycles. The Balaban J connectivity index is 1.96. The van der Waals surface area contributed by atoms with Crippen LogP contribution >= 0.6 is 22.7 Å². The van der Waals surface area contributed by atoms with Crippen molar-refractivity contribution in [3.8, 4) is 6.07 Å². The van der Waals surface area contributed by atoms with Gasteiger partial charge in [0.25, 0.3) is 0 Å². The van der Waals surface area contributed by atoms with E-state index in [1.165, 1.54) is 10.4 Å². The molecule has 0 saturated carbocycles. The third-order valence-electron chi connectivity index (χ3n) is 3.19. The summed E-state index contributed by atoms with van der Waals surface area (Å²) in [6.07, 6.45) is 2.81. The molecule has 0 bridgehead atoms. The maximum absolute atomic E-state index is 9.36. The van der Waals surface area contributed by atoms with Crippen LogP contribution in [-0.2, 0) is 13.0 Å². The Labute approximate surface area is 120 Å². The van der Waals surface area contributed by atoms with Crippen molar-refractivity contribution in [2.45, 2.75) is 13.0 Å². The molecule has 0 saturated heterocycles. The molecule has 1 aliphatic rings. The van der Waals surface area contributed by atoms with Crippen molar-refractivity contribution in [3.05, 3.63) is 38.4 Å². The summed E-state index contributed by atoms with van der Waals surface area (Å²) >= 11 is 3.31. The number of fused-ring (bicyclic) bond motifs is 1. The molecule has 0 aliphatic carbocycles. The van der Waals surface area contributed by atoms with Crippen molar-refractivity contribution in [1.82, 2.24) is 4.90 Å². The van der Waals surface area contributed by atoms with Gasteiger partial charge in [0.05, 0.1) is 5.56 Å². The van der Waals surface area contributed by atoms with Gasteiger partial charge in [0.15, 0.2) is 0 Å². The first-order chi connectivity index (χ1) is 9.28. The monoisotopic (exact) mass is 287 g/mol. The lowest BCUT2D eigenvalue weighted by Gasteiger charge is -2.21. The third-order valence-corrected chi connectivity index (χ3v) is 5.12. The standard InChI is InChI=1S/C14H13N3S2/c1-17-5-4-11-12(7-15)14(19-13(11)9-17)16-8-10-3-2-6-18-10/h2-3,6,8H,4-5,9H2,1H3. The Kier molecular flexibility index (Phi) is 3.47. The lowest BCUT2D eigenvalue weighted by Crippen LogP contribution is -2.25. The summed E-state index contributed by atoms with van der Waals surface area (Å²) in [4.78, 5) is 9.21. The predicted molar refractivity (Wildman–Crippen MR) is 80.6 cm³/mol. The molecule has 0 fully saturated rings. The summed E-state index contributed by atoms with van der Waals surface area (Å²) in [7, 11) is 2.11. The minimum atomic E-state index is 0.779. The molecule has 2 aromatic heterocycles. The van der Waals surface area contributed by atoms with Crippen molar-refractivity contribution in [2.75, 3.05) is 13.6 Å². The molecule has 3 rings (SSSR count). The van der Waals surface area contributed by atoms with Crippen molar-refractivity contribution >= 4 is 33.9 Å². The van der Waals surface area contributed by atoms with Crippen molar-refractivity contribution < 1.29 is 0 Å². The number of hydrogen-bond acceptors (Lipinski definition) is 5. The molecule has 0 amide bonds. The van der Waals surface area contributed by atoms with Gasteiger partial charge in [-0.25, -0.2) is 4.99 Å². The van der Waals surface area contributed by atoms with Gasteiger partial charge in [0.1, 0.15) is 11.1 Å². The Bertz CT molecular complexity index is 647. The quantitative estimate of drug-likeness (QED) is 0.794. The second kappa shape index (κ2) is 5.25. The topological polar surface area (TPSA) is 39.4 Å².